The van der Waals surface area contributed by atoms with E-state index >= 15 is 0 Å². The lowest BCUT2D eigenvalue weighted by Gasteiger charge is -2.01. The predicted molar refractivity (Wildman–Crippen MR) is 65.2 cm³/mol. The second-order valence-electron chi connectivity index (χ2n) is 4.54. The van der Waals surface area contributed by atoms with Crippen molar-refractivity contribution in [3.8, 4) is 5.75 Å². The lowest BCUT2D eigenvalue weighted by molar-refractivity contribution is 0.341. The van der Waals surface area contributed by atoms with Crippen LogP contribution in [0, 0.1) is 0 Å². The Hall–Kier alpha value is -1.88. The standard InChI is InChI=1S/C13H15N3O2/c17-10-4-1-3-9(7-10)8-12-15-13(18-16-12)11-5-2-6-14-11/h1,3-4,7,11,14,17H,2,5-6,8H2. The van der Waals surface area contributed by atoms with Gasteiger partial charge in [0.25, 0.3) is 0 Å². The van der Waals surface area contributed by atoms with Gasteiger partial charge in [0.2, 0.25) is 5.89 Å². The molecular formula is C13H15N3O2. The quantitative estimate of drug-likeness (QED) is 0.862. The van der Waals surface area contributed by atoms with Gasteiger partial charge in [-0.2, -0.15) is 4.98 Å². The molecule has 18 heavy (non-hydrogen) atoms. The highest BCUT2D eigenvalue weighted by atomic mass is 16.5. The van der Waals surface area contributed by atoms with E-state index in [0.29, 0.717) is 18.1 Å². The van der Waals surface area contributed by atoms with Gasteiger partial charge in [0, 0.05) is 6.42 Å². The van der Waals surface area contributed by atoms with E-state index in [1.54, 1.807) is 12.1 Å². The summed E-state index contributed by atoms with van der Waals surface area (Å²) in [6.45, 7) is 1.01. The molecule has 2 heterocycles. The van der Waals surface area contributed by atoms with Gasteiger partial charge in [-0.05, 0) is 37.1 Å². The van der Waals surface area contributed by atoms with E-state index in [2.05, 4.69) is 15.5 Å². The van der Waals surface area contributed by atoms with Gasteiger partial charge in [-0.3, -0.25) is 0 Å². The normalized spacial score (nSPS) is 19.2. The minimum atomic E-state index is 0.204. The third-order valence-electron chi connectivity index (χ3n) is 3.12. The molecule has 2 aromatic rings. The van der Waals surface area contributed by atoms with Crippen molar-refractivity contribution in [1.29, 1.82) is 0 Å². The van der Waals surface area contributed by atoms with Crippen molar-refractivity contribution in [1.82, 2.24) is 15.5 Å². The number of rotatable bonds is 3. The Bertz CT molecular complexity index is 533. The van der Waals surface area contributed by atoms with E-state index in [1.807, 2.05) is 12.1 Å². The van der Waals surface area contributed by atoms with Crippen LogP contribution in [0.5, 0.6) is 5.75 Å². The Morgan fingerprint density at radius 3 is 3.17 bits per heavy atom. The van der Waals surface area contributed by atoms with Crippen molar-refractivity contribution in [2.24, 2.45) is 0 Å². The molecule has 1 unspecified atom stereocenters. The van der Waals surface area contributed by atoms with Crippen molar-refractivity contribution in [2.75, 3.05) is 6.54 Å². The van der Waals surface area contributed by atoms with Crippen LogP contribution in [-0.2, 0) is 6.42 Å². The molecule has 1 aliphatic heterocycles. The summed E-state index contributed by atoms with van der Waals surface area (Å²) in [5, 5.41) is 16.7. The number of hydrogen-bond donors (Lipinski definition) is 2. The summed E-state index contributed by atoms with van der Waals surface area (Å²) in [5.74, 6) is 1.58. The molecule has 2 N–H and O–H groups in total. The van der Waals surface area contributed by atoms with Crippen LogP contribution in [-0.4, -0.2) is 21.8 Å². The van der Waals surface area contributed by atoms with Gasteiger partial charge in [0.15, 0.2) is 5.82 Å². The average Bonchev–Trinajstić information content (AvgIpc) is 2.98. The van der Waals surface area contributed by atoms with Crippen molar-refractivity contribution in [2.45, 2.75) is 25.3 Å². The largest absolute Gasteiger partial charge is 0.508 e. The van der Waals surface area contributed by atoms with Gasteiger partial charge in [-0.25, -0.2) is 0 Å². The van der Waals surface area contributed by atoms with Gasteiger partial charge < -0.3 is 14.9 Å². The van der Waals surface area contributed by atoms with Gasteiger partial charge in [0.05, 0.1) is 6.04 Å². The highest BCUT2D eigenvalue weighted by Crippen LogP contribution is 2.22. The molecule has 0 saturated carbocycles. The smallest absolute Gasteiger partial charge is 0.243 e. The maximum atomic E-state index is 9.39. The molecule has 3 rings (SSSR count). The van der Waals surface area contributed by atoms with Crippen LogP contribution in [0.15, 0.2) is 28.8 Å². The fourth-order valence-electron chi connectivity index (χ4n) is 2.23. The summed E-state index contributed by atoms with van der Waals surface area (Å²) in [6.07, 6.45) is 2.77. The summed E-state index contributed by atoms with van der Waals surface area (Å²) >= 11 is 0. The van der Waals surface area contributed by atoms with Gasteiger partial charge >= 0.3 is 0 Å². The van der Waals surface area contributed by atoms with Crippen molar-refractivity contribution in [3.63, 3.8) is 0 Å². The molecule has 1 fully saturated rings. The van der Waals surface area contributed by atoms with Crippen LogP contribution in [0.3, 0.4) is 0 Å². The topological polar surface area (TPSA) is 71.2 Å². The lowest BCUT2D eigenvalue weighted by Crippen LogP contribution is -2.13. The molecule has 0 amide bonds. The number of nitrogens with zero attached hydrogens (tertiary/aromatic N) is 2. The first-order chi connectivity index (χ1) is 8.81. The molecule has 1 atom stereocenters. The summed E-state index contributed by atoms with van der Waals surface area (Å²) in [6, 6.07) is 7.31. The number of phenolic OH excluding ortho intramolecular Hbond substituents is 1. The zero-order valence-electron chi connectivity index (χ0n) is 9.97. The number of aromatic hydroxyl groups is 1. The molecule has 0 radical (unpaired) electrons. The van der Waals surface area contributed by atoms with Crippen LogP contribution in [0.2, 0.25) is 0 Å². The van der Waals surface area contributed by atoms with E-state index in [-0.39, 0.29) is 11.8 Å². The van der Waals surface area contributed by atoms with E-state index < -0.39 is 0 Å². The molecule has 1 aromatic carbocycles. The number of phenols is 1. The molecule has 0 aliphatic carbocycles. The molecule has 5 heteroatoms. The maximum Gasteiger partial charge on any atom is 0.243 e. The Balaban J connectivity index is 1.73. The zero-order valence-corrected chi connectivity index (χ0v) is 9.97. The Morgan fingerprint density at radius 2 is 2.39 bits per heavy atom. The Morgan fingerprint density at radius 1 is 1.44 bits per heavy atom. The summed E-state index contributed by atoms with van der Waals surface area (Å²) in [7, 11) is 0. The first kappa shape index (κ1) is 11.2. The molecule has 0 spiro atoms. The Kier molecular flexibility index (Phi) is 2.98. The maximum absolute atomic E-state index is 9.39. The van der Waals surface area contributed by atoms with Gasteiger partial charge in [-0.15, -0.1) is 0 Å². The highest BCUT2D eigenvalue weighted by Gasteiger charge is 2.22. The molecule has 5 nitrogen and oxygen atoms in total. The van der Waals surface area contributed by atoms with E-state index in [4.69, 9.17) is 4.52 Å². The summed E-state index contributed by atoms with van der Waals surface area (Å²) in [5.41, 5.74) is 0.974. The van der Waals surface area contributed by atoms with Crippen LogP contribution in [0.4, 0.5) is 0 Å². The number of hydrogen-bond acceptors (Lipinski definition) is 5. The minimum absolute atomic E-state index is 0.204. The van der Waals surface area contributed by atoms with Crippen molar-refractivity contribution < 1.29 is 9.63 Å². The fourth-order valence-corrected chi connectivity index (χ4v) is 2.23. The first-order valence-corrected chi connectivity index (χ1v) is 6.15. The molecule has 0 bridgehead atoms. The second kappa shape index (κ2) is 4.78. The third kappa shape index (κ3) is 2.36. The molecule has 1 aromatic heterocycles. The third-order valence-corrected chi connectivity index (χ3v) is 3.12. The monoisotopic (exact) mass is 245 g/mol. The fraction of sp³-hybridized carbons (Fsp3) is 0.385. The molecule has 94 valence electrons. The number of benzene rings is 1. The molecule has 1 aliphatic rings. The van der Waals surface area contributed by atoms with Gasteiger partial charge in [0.1, 0.15) is 5.75 Å². The number of aromatic nitrogens is 2. The first-order valence-electron chi connectivity index (χ1n) is 6.15. The van der Waals surface area contributed by atoms with E-state index in [9.17, 15) is 5.11 Å². The second-order valence-corrected chi connectivity index (χ2v) is 4.54. The lowest BCUT2D eigenvalue weighted by atomic mass is 10.1. The van der Waals surface area contributed by atoms with Crippen LogP contribution in [0.25, 0.3) is 0 Å². The highest BCUT2D eigenvalue weighted by molar-refractivity contribution is 5.28. The minimum Gasteiger partial charge on any atom is -0.508 e. The average molecular weight is 245 g/mol. The van der Waals surface area contributed by atoms with Crippen LogP contribution < -0.4 is 5.32 Å². The van der Waals surface area contributed by atoms with E-state index in [1.165, 1.54) is 0 Å². The van der Waals surface area contributed by atoms with Gasteiger partial charge in [-0.1, -0.05) is 17.3 Å². The summed E-state index contributed by atoms with van der Waals surface area (Å²) < 4.78 is 5.26. The predicted octanol–water partition coefficient (Wildman–Crippen LogP) is 1.79. The van der Waals surface area contributed by atoms with E-state index in [0.717, 1.165) is 24.9 Å². The molecular weight excluding hydrogens is 230 g/mol. The zero-order chi connectivity index (χ0) is 12.4. The van der Waals surface area contributed by atoms with Crippen molar-refractivity contribution >= 4 is 0 Å². The summed E-state index contributed by atoms with van der Waals surface area (Å²) in [4.78, 5) is 4.40. The molecule has 1 saturated heterocycles. The number of nitrogens with one attached hydrogen (secondary N) is 1. The van der Waals surface area contributed by atoms with Crippen LogP contribution in [0.1, 0.15) is 36.2 Å². The van der Waals surface area contributed by atoms with Crippen molar-refractivity contribution in [3.05, 3.63) is 41.5 Å². The Labute approximate surface area is 105 Å². The SMILES string of the molecule is Oc1cccc(Cc2noc(C3CCCN3)n2)c1. The van der Waals surface area contributed by atoms with Crippen LogP contribution >= 0.6 is 0 Å².